The molecule has 4 unspecified atom stereocenters. The molecule has 3 aliphatic rings. The lowest BCUT2D eigenvalue weighted by atomic mass is 9.77. The smallest absolute Gasteiger partial charge is 0.199 e. The molecule has 3 aliphatic heterocycles. The van der Waals surface area contributed by atoms with Crippen LogP contribution in [0.15, 0.2) is 46.4 Å². The van der Waals surface area contributed by atoms with E-state index in [0.717, 1.165) is 0 Å². The summed E-state index contributed by atoms with van der Waals surface area (Å²) >= 11 is 0. The Hall–Kier alpha value is -2.82. The van der Waals surface area contributed by atoms with Crippen molar-refractivity contribution < 1.29 is 14.6 Å². The van der Waals surface area contributed by atoms with Crippen LogP contribution < -0.4 is 10.1 Å². The number of benzene rings is 1. The van der Waals surface area contributed by atoms with E-state index in [1.165, 1.54) is 0 Å². The van der Waals surface area contributed by atoms with E-state index in [1.54, 1.807) is 24.3 Å². The van der Waals surface area contributed by atoms with Crippen LogP contribution in [-0.4, -0.2) is 59.7 Å². The van der Waals surface area contributed by atoms with Crippen molar-refractivity contribution in [2.24, 2.45) is 21.8 Å². The van der Waals surface area contributed by atoms with Crippen LogP contribution >= 0.6 is 0 Å². The van der Waals surface area contributed by atoms with Crippen molar-refractivity contribution in [3.05, 3.63) is 42.0 Å². The van der Waals surface area contributed by atoms with Gasteiger partial charge in [-0.15, -0.1) is 0 Å². The van der Waals surface area contributed by atoms with Gasteiger partial charge in [-0.3, -0.25) is 20.1 Å². The molecule has 0 bridgehead atoms. The van der Waals surface area contributed by atoms with Crippen LogP contribution in [0.1, 0.15) is 19.4 Å². The van der Waals surface area contributed by atoms with E-state index < -0.39 is 11.6 Å². The van der Waals surface area contributed by atoms with Gasteiger partial charge in [-0.1, -0.05) is 19.1 Å². The van der Waals surface area contributed by atoms with Gasteiger partial charge in [-0.05, 0) is 31.2 Å². The molecule has 29 heavy (non-hydrogen) atoms. The molecule has 0 spiro atoms. The lowest BCUT2D eigenvalue weighted by Crippen LogP contribution is -2.67. The molecule has 3 heterocycles. The summed E-state index contributed by atoms with van der Waals surface area (Å²) in [6.07, 6.45) is 3.27. The van der Waals surface area contributed by atoms with Crippen molar-refractivity contribution in [1.29, 1.82) is 5.26 Å². The number of carbonyl (C=O) groups excluding carboxylic acids is 1. The van der Waals surface area contributed by atoms with E-state index in [9.17, 15) is 9.90 Å². The number of Topliss-reactive ketones (excluding diaryl/α,β-unsaturated/α-hetero) is 1. The minimum absolute atomic E-state index is 0.0386. The molecule has 2 N–H and O–H groups in total. The Morgan fingerprint density at radius 2 is 2.28 bits per heavy atom. The molecule has 0 aliphatic carbocycles. The first-order chi connectivity index (χ1) is 14.0. The van der Waals surface area contributed by atoms with Crippen molar-refractivity contribution in [3.8, 4) is 11.8 Å². The van der Waals surface area contributed by atoms with E-state index in [2.05, 4.69) is 16.4 Å². The molecular weight excluding hydrogens is 368 g/mol. The normalized spacial score (nSPS) is 33.5. The highest BCUT2D eigenvalue weighted by Gasteiger charge is 2.49. The quantitative estimate of drug-likeness (QED) is 0.804. The molecule has 0 amide bonds. The molecule has 1 fully saturated rings. The zero-order valence-electron chi connectivity index (χ0n) is 16.5. The summed E-state index contributed by atoms with van der Waals surface area (Å²) in [5.41, 5.74) is 0.799. The summed E-state index contributed by atoms with van der Waals surface area (Å²) < 4.78 is 6.05. The summed E-state index contributed by atoms with van der Waals surface area (Å²) in [5, 5.41) is 22.0. The van der Waals surface area contributed by atoms with Crippen LogP contribution in [0.5, 0.6) is 5.75 Å². The summed E-state index contributed by atoms with van der Waals surface area (Å²) in [6.45, 7) is 4.88. The zero-order chi connectivity index (χ0) is 20.6. The van der Waals surface area contributed by atoms with Crippen molar-refractivity contribution in [2.75, 3.05) is 19.7 Å². The minimum Gasteiger partial charge on any atom is -0.482 e. The molecule has 1 aromatic carbocycles. The van der Waals surface area contributed by atoms with Crippen LogP contribution in [-0.2, 0) is 4.79 Å². The Bertz CT molecular complexity index is 961. The summed E-state index contributed by atoms with van der Waals surface area (Å²) in [6, 6.07) is 8.72. The highest BCUT2D eigenvalue weighted by atomic mass is 16.5. The summed E-state index contributed by atoms with van der Waals surface area (Å²) in [7, 11) is 0. The van der Waals surface area contributed by atoms with Crippen molar-refractivity contribution >= 4 is 17.2 Å². The second-order valence-corrected chi connectivity index (χ2v) is 8.00. The van der Waals surface area contributed by atoms with E-state index >= 15 is 0 Å². The van der Waals surface area contributed by atoms with Gasteiger partial charge in [0.05, 0.1) is 35.7 Å². The third-order valence-electron chi connectivity index (χ3n) is 5.98. The SMILES string of the molecule is CC1CNC(C)(C2=NC3C(CO)=NCC3C=C2)C(=O)[C@@H]1Oc1cccc(C#N)c1. The molecule has 1 aromatic rings. The number of nitrogens with one attached hydrogen (secondary N) is 1. The Kier molecular flexibility index (Phi) is 5.07. The summed E-state index contributed by atoms with van der Waals surface area (Å²) in [5.74, 6) is 0.511. The number of aliphatic imine (C=N–C) groups is 2. The van der Waals surface area contributed by atoms with Gasteiger partial charge in [0.15, 0.2) is 11.9 Å². The standard InChI is InChI=1S/C22H24N4O3/c1-13-10-25-22(2,18-7-6-15-11-24-17(12-27)19(15)26-18)21(28)20(13)29-16-5-3-4-14(8-16)9-23/h3-8,13,15,19-20,25,27H,10-12H2,1-2H3/t13?,15?,19?,20-,22?/m1/s1. The topological polar surface area (TPSA) is 107 Å². The first kappa shape index (κ1) is 19.5. The molecular formula is C22H24N4O3. The van der Waals surface area contributed by atoms with Crippen LogP contribution in [0, 0.1) is 23.2 Å². The second-order valence-electron chi connectivity index (χ2n) is 8.00. The Morgan fingerprint density at radius 3 is 3.03 bits per heavy atom. The highest BCUT2D eigenvalue weighted by molar-refractivity contribution is 6.21. The maximum Gasteiger partial charge on any atom is 0.199 e. The van der Waals surface area contributed by atoms with Crippen molar-refractivity contribution in [3.63, 3.8) is 0 Å². The predicted octanol–water partition coefficient (Wildman–Crippen LogP) is 1.32. The number of rotatable bonds is 4. The maximum absolute atomic E-state index is 13.5. The highest BCUT2D eigenvalue weighted by Crippen LogP contribution is 2.30. The fraction of sp³-hybridized carbons (Fsp3) is 0.455. The number of hydrogen-bond donors (Lipinski definition) is 2. The van der Waals surface area contributed by atoms with E-state index in [-0.39, 0.29) is 30.3 Å². The maximum atomic E-state index is 13.5. The molecule has 0 saturated carbocycles. The number of dihydropyridines is 1. The van der Waals surface area contributed by atoms with E-state index in [1.807, 2.05) is 26.0 Å². The third kappa shape index (κ3) is 3.39. The van der Waals surface area contributed by atoms with E-state index in [0.29, 0.717) is 35.8 Å². The number of hydrogen-bond acceptors (Lipinski definition) is 7. The molecule has 4 rings (SSSR count). The molecule has 7 nitrogen and oxygen atoms in total. The van der Waals surface area contributed by atoms with Gasteiger partial charge in [0.25, 0.3) is 0 Å². The summed E-state index contributed by atoms with van der Waals surface area (Å²) in [4.78, 5) is 22.7. The second kappa shape index (κ2) is 7.54. The largest absolute Gasteiger partial charge is 0.482 e. The lowest BCUT2D eigenvalue weighted by molar-refractivity contribution is -0.134. The molecule has 0 radical (unpaired) electrons. The van der Waals surface area contributed by atoms with Gasteiger partial charge in [-0.2, -0.15) is 5.26 Å². The van der Waals surface area contributed by atoms with Crippen molar-refractivity contribution in [1.82, 2.24) is 5.32 Å². The molecule has 7 heteroatoms. The van der Waals surface area contributed by atoms with Gasteiger partial charge in [0.2, 0.25) is 0 Å². The monoisotopic (exact) mass is 392 g/mol. The molecule has 150 valence electrons. The first-order valence-electron chi connectivity index (χ1n) is 9.83. The van der Waals surface area contributed by atoms with Crippen LogP contribution in [0.4, 0.5) is 0 Å². The Balaban J connectivity index is 1.61. The van der Waals surface area contributed by atoms with Gasteiger partial charge in [0.1, 0.15) is 11.3 Å². The number of ketones is 1. The van der Waals surface area contributed by atoms with Crippen LogP contribution in [0.2, 0.25) is 0 Å². The molecule has 5 atom stereocenters. The minimum atomic E-state index is -0.991. The Morgan fingerprint density at radius 1 is 1.45 bits per heavy atom. The number of piperidine rings is 1. The van der Waals surface area contributed by atoms with Gasteiger partial charge >= 0.3 is 0 Å². The van der Waals surface area contributed by atoms with Crippen LogP contribution in [0.3, 0.4) is 0 Å². The molecule has 1 saturated heterocycles. The fourth-order valence-electron chi connectivity index (χ4n) is 4.12. The number of nitriles is 1. The number of fused-ring (bicyclic) bond motifs is 1. The number of nitrogens with zero attached hydrogens (tertiary/aromatic N) is 3. The van der Waals surface area contributed by atoms with Gasteiger partial charge < -0.3 is 9.84 Å². The number of carbonyl (C=O) groups is 1. The van der Waals surface area contributed by atoms with Gasteiger partial charge in [-0.25, -0.2) is 0 Å². The van der Waals surface area contributed by atoms with E-state index in [4.69, 9.17) is 15.0 Å². The average molecular weight is 392 g/mol. The number of aliphatic hydroxyl groups is 1. The Labute approximate surface area is 169 Å². The first-order valence-corrected chi connectivity index (χ1v) is 9.83. The zero-order valence-corrected chi connectivity index (χ0v) is 16.5. The van der Waals surface area contributed by atoms with Crippen LogP contribution in [0.25, 0.3) is 0 Å². The number of aliphatic hydroxyl groups excluding tert-OH is 1. The third-order valence-corrected chi connectivity index (χ3v) is 5.98. The average Bonchev–Trinajstić information content (AvgIpc) is 3.16. The fourth-order valence-corrected chi connectivity index (χ4v) is 4.12. The number of ether oxygens (including phenoxy) is 1. The lowest BCUT2D eigenvalue weighted by Gasteiger charge is -2.42. The molecule has 0 aromatic heterocycles. The predicted molar refractivity (Wildman–Crippen MR) is 109 cm³/mol. The van der Waals surface area contributed by atoms with Crippen molar-refractivity contribution in [2.45, 2.75) is 31.5 Å². The van der Waals surface area contributed by atoms with Gasteiger partial charge in [0, 0.05) is 24.9 Å².